The third-order valence-electron chi connectivity index (χ3n) is 23.8. The van der Waals surface area contributed by atoms with Crippen molar-refractivity contribution in [3.63, 3.8) is 0 Å². The van der Waals surface area contributed by atoms with Crippen molar-refractivity contribution in [3.05, 3.63) is 374 Å². The highest BCUT2D eigenvalue weighted by atomic mass is 32.2. The molecular weight excluding hydrogens is 1310 g/mol. The van der Waals surface area contributed by atoms with Crippen molar-refractivity contribution < 1.29 is 0 Å². The highest BCUT2D eigenvalue weighted by Gasteiger charge is 2.55. The second-order valence-electron chi connectivity index (χ2n) is 28.8. The number of aromatic nitrogens is 4. The Morgan fingerprint density at radius 2 is 0.505 bits per heavy atom. The van der Waals surface area contributed by atoms with Crippen LogP contribution in [0.3, 0.4) is 0 Å². The summed E-state index contributed by atoms with van der Waals surface area (Å²) < 4.78 is 9.99. The molecule has 0 radical (unpaired) electrons. The van der Waals surface area contributed by atoms with Crippen molar-refractivity contribution >= 4 is 157 Å². The van der Waals surface area contributed by atoms with Gasteiger partial charge in [0.15, 0.2) is 0 Å². The monoisotopic (exact) mass is 1360 g/mol. The average Bonchev–Trinajstić information content (AvgIpc) is 1.49. The Bertz CT molecular complexity index is 6660. The first-order valence-corrected chi connectivity index (χ1v) is 38.1. The van der Waals surface area contributed by atoms with Gasteiger partial charge in [-0.25, -0.2) is 0 Å². The molecular formula is C97H58B2N4S2. The third-order valence-corrected chi connectivity index (χ3v) is 26.3. The largest absolute Gasteiger partial charge is 0.309 e. The molecule has 0 saturated carbocycles. The molecule has 8 heteroatoms. The molecule has 0 saturated heterocycles. The summed E-state index contributed by atoms with van der Waals surface area (Å²) in [6, 6.07) is 134. The summed E-state index contributed by atoms with van der Waals surface area (Å²) in [6.07, 6.45) is 0. The number of nitrogens with zero attached hydrogens (tertiary/aromatic N) is 4. The number of benzene rings is 16. The van der Waals surface area contributed by atoms with E-state index in [4.69, 9.17) is 0 Å². The zero-order chi connectivity index (χ0) is 68.3. The van der Waals surface area contributed by atoms with Gasteiger partial charge >= 0.3 is 0 Å². The lowest BCUT2D eigenvalue weighted by molar-refractivity contribution is 0.791. The maximum Gasteiger partial charge on any atom is 0.244 e. The number of hydrogen-bond donors (Lipinski definition) is 0. The van der Waals surface area contributed by atoms with Crippen molar-refractivity contribution in [2.45, 2.75) is 25.0 Å². The molecule has 16 aromatic carbocycles. The fourth-order valence-electron chi connectivity index (χ4n) is 19.7. The Kier molecular flexibility index (Phi) is 12.1. The molecule has 2 aliphatic carbocycles. The Morgan fingerprint density at radius 1 is 0.219 bits per heavy atom. The predicted octanol–water partition coefficient (Wildman–Crippen LogP) is 20.4. The minimum Gasteiger partial charge on any atom is -0.309 e. The molecule has 0 N–H and O–H groups in total. The number of fused-ring (bicyclic) bond motifs is 28. The van der Waals surface area contributed by atoms with Gasteiger partial charge in [0.05, 0.1) is 49.5 Å². The normalized spacial score (nSPS) is 13.7. The summed E-state index contributed by atoms with van der Waals surface area (Å²) in [4.78, 5) is 5.26. The van der Waals surface area contributed by atoms with Crippen molar-refractivity contribution in [2.24, 2.45) is 0 Å². The van der Waals surface area contributed by atoms with E-state index in [0.717, 1.165) is 22.7 Å². The van der Waals surface area contributed by atoms with Gasteiger partial charge in [0.25, 0.3) is 0 Å². The lowest BCUT2D eigenvalue weighted by atomic mass is 9.36. The first-order chi connectivity index (χ1) is 52.1. The van der Waals surface area contributed by atoms with Crippen LogP contribution in [0.4, 0.5) is 0 Å². The van der Waals surface area contributed by atoms with Gasteiger partial charge in [-0.2, -0.15) is 0 Å². The predicted molar refractivity (Wildman–Crippen MR) is 443 cm³/mol. The van der Waals surface area contributed by atoms with Gasteiger partial charge in [-0.3, -0.25) is 0 Å². The summed E-state index contributed by atoms with van der Waals surface area (Å²) >= 11 is 3.93. The summed E-state index contributed by atoms with van der Waals surface area (Å²) in [5.41, 5.74) is 31.8. The first kappa shape index (κ1) is 58.1. The highest BCUT2D eigenvalue weighted by molar-refractivity contribution is 8.00. The SMILES string of the molecule is c1ccc(B2c3ccccc3Sc3c2ccc2c3-c3cc(-n4c5ccccc5c5cc(-n6c7ccccc7c7ccccc76)ccc54)ccc3C23c2ccc(-n4c5ccccc5c5cc(-n6c7ccccc7c7ccccc76)ccc54)cc2-c2c3ccc3c2Sc2ccccc2B3c2ccccc2)cc1. The second kappa shape index (κ2) is 21.8. The Labute approximate surface area is 614 Å². The van der Waals surface area contributed by atoms with Gasteiger partial charge in [-0.1, -0.05) is 299 Å². The molecule has 6 heterocycles. The molecule has 484 valence electrons. The van der Waals surface area contributed by atoms with Crippen LogP contribution in [0.2, 0.25) is 0 Å². The van der Waals surface area contributed by atoms with Crippen LogP contribution in [0.1, 0.15) is 22.3 Å². The molecule has 0 atom stereocenters. The molecule has 0 bridgehead atoms. The van der Waals surface area contributed by atoms with E-state index in [9.17, 15) is 0 Å². The minimum absolute atomic E-state index is 0.0292. The topological polar surface area (TPSA) is 19.7 Å². The molecule has 4 nitrogen and oxygen atoms in total. The Balaban J connectivity index is 0.778. The van der Waals surface area contributed by atoms with Crippen LogP contribution < -0.4 is 32.8 Å². The van der Waals surface area contributed by atoms with Gasteiger partial charge in [-0.05, 0) is 143 Å². The minimum atomic E-state index is -0.730. The number of hydrogen-bond acceptors (Lipinski definition) is 2. The molecule has 0 amide bonds. The van der Waals surface area contributed by atoms with Crippen LogP contribution in [-0.4, -0.2) is 31.7 Å². The quantitative estimate of drug-likeness (QED) is 0.155. The van der Waals surface area contributed by atoms with Crippen LogP contribution in [0.5, 0.6) is 0 Å². The molecule has 24 rings (SSSR count). The van der Waals surface area contributed by atoms with Crippen molar-refractivity contribution in [2.75, 3.05) is 0 Å². The van der Waals surface area contributed by atoms with Crippen molar-refractivity contribution in [3.8, 4) is 45.0 Å². The smallest absolute Gasteiger partial charge is 0.244 e. The van der Waals surface area contributed by atoms with E-state index in [1.165, 1.54) is 184 Å². The number of para-hydroxylation sites is 6. The van der Waals surface area contributed by atoms with E-state index < -0.39 is 5.41 Å². The van der Waals surface area contributed by atoms with Gasteiger partial charge in [-0.15, -0.1) is 0 Å². The molecule has 4 aliphatic rings. The summed E-state index contributed by atoms with van der Waals surface area (Å²) in [6.45, 7) is 0.0585. The molecule has 1 spiro atoms. The van der Waals surface area contributed by atoms with Crippen LogP contribution >= 0.6 is 23.5 Å². The zero-order valence-corrected chi connectivity index (χ0v) is 58.4. The zero-order valence-electron chi connectivity index (χ0n) is 56.7. The second-order valence-corrected chi connectivity index (χ2v) is 30.9. The summed E-state index contributed by atoms with van der Waals surface area (Å²) in [5, 5.41) is 9.92. The molecule has 20 aromatic rings. The van der Waals surface area contributed by atoms with E-state index in [1.54, 1.807) is 0 Å². The lowest BCUT2D eigenvalue weighted by Gasteiger charge is -2.33. The van der Waals surface area contributed by atoms with E-state index >= 15 is 0 Å². The van der Waals surface area contributed by atoms with Crippen LogP contribution in [0.15, 0.2) is 371 Å². The van der Waals surface area contributed by atoms with E-state index in [-0.39, 0.29) is 13.4 Å². The number of rotatable bonds is 6. The molecule has 0 unspecified atom stereocenters. The van der Waals surface area contributed by atoms with E-state index in [1.807, 2.05) is 23.5 Å². The van der Waals surface area contributed by atoms with Gasteiger partial charge in [0.2, 0.25) is 13.4 Å². The van der Waals surface area contributed by atoms with Gasteiger partial charge in [0, 0.05) is 96.5 Å². The maximum absolute atomic E-state index is 2.58. The Morgan fingerprint density at radius 3 is 0.876 bits per heavy atom. The molecule has 105 heavy (non-hydrogen) atoms. The van der Waals surface area contributed by atoms with E-state index in [0.29, 0.717) is 0 Å². The van der Waals surface area contributed by atoms with Crippen LogP contribution in [-0.2, 0) is 5.41 Å². The van der Waals surface area contributed by atoms with Crippen LogP contribution in [0.25, 0.3) is 132 Å². The maximum atomic E-state index is 2.58. The fourth-order valence-corrected chi connectivity index (χ4v) is 22.3. The van der Waals surface area contributed by atoms with E-state index in [2.05, 4.69) is 370 Å². The lowest BCUT2D eigenvalue weighted by Crippen LogP contribution is -2.55. The summed E-state index contributed by atoms with van der Waals surface area (Å²) in [7, 11) is 0. The van der Waals surface area contributed by atoms with Crippen LogP contribution in [0, 0.1) is 0 Å². The third kappa shape index (κ3) is 7.86. The van der Waals surface area contributed by atoms with Gasteiger partial charge < -0.3 is 18.3 Å². The average molecular weight is 1370 g/mol. The standard InChI is InChI=1S/C97H58B2N4S2/c1-3-23-59(24-4-1)98-79-33-13-21-41-91(79)104-95-81(98)51-49-77-93(95)73-57-61(102-87-39-19-11-31-69(87)71-55-63(45-53-89(71)102)100-83-35-15-7-27-65(83)66-28-8-16-36-84(66)100)43-47-75(73)97(77)76-48-44-62(58-74(76)94-78(97)50-52-82-96(94)105-92-42-22-14-34-80(92)99(82)60-25-5-2-6-26-60)103-88-40-20-12-32-70(88)72-56-64(46-54-90(72)103)101-85-37-17-9-29-67(85)68-30-10-18-38-86(68)101/h1-58H. The van der Waals surface area contributed by atoms with Crippen molar-refractivity contribution in [1.29, 1.82) is 0 Å². The Hall–Kier alpha value is -12.5. The first-order valence-electron chi connectivity index (χ1n) is 36.4. The highest BCUT2D eigenvalue weighted by Crippen LogP contribution is 2.66. The molecule has 0 fully saturated rings. The van der Waals surface area contributed by atoms with Crippen molar-refractivity contribution in [1.82, 2.24) is 18.3 Å². The van der Waals surface area contributed by atoms with Gasteiger partial charge in [0.1, 0.15) is 0 Å². The fraction of sp³-hybridized carbons (Fsp3) is 0.0103. The molecule has 2 aliphatic heterocycles. The summed E-state index contributed by atoms with van der Waals surface area (Å²) in [5.74, 6) is 0. The molecule has 4 aromatic heterocycles.